The highest BCUT2D eigenvalue weighted by molar-refractivity contribution is 7.89. The molecule has 3 N–H and O–H groups in total. The summed E-state index contributed by atoms with van der Waals surface area (Å²) in [6.07, 6.45) is 2.90. The van der Waals surface area contributed by atoms with Gasteiger partial charge < -0.3 is 5.73 Å². The molecule has 4 nitrogen and oxygen atoms in total. The molecular formula is C15H23FN2O2S. The third-order valence-electron chi connectivity index (χ3n) is 4.60. The summed E-state index contributed by atoms with van der Waals surface area (Å²) in [5.41, 5.74) is 5.99. The predicted molar refractivity (Wildman–Crippen MR) is 80.6 cm³/mol. The van der Waals surface area contributed by atoms with Gasteiger partial charge >= 0.3 is 0 Å². The summed E-state index contributed by atoms with van der Waals surface area (Å²) < 4.78 is 41.2. The van der Waals surface area contributed by atoms with Crippen LogP contribution in [-0.2, 0) is 16.6 Å². The van der Waals surface area contributed by atoms with Gasteiger partial charge in [0.1, 0.15) is 5.82 Å². The maximum atomic E-state index is 13.4. The Morgan fingerprint density at radius 2 is 2.10 bits per heavy atom. The first-order chi connectivity index (χ1) is 9.89. The molecular weight excluding hydrogens is 291 g/mol. The van der Waals surface area contributed by atoms with Crippen LogP contribution in [0.1, 0.15) is 38.7 Å². The van der Waals surface area contributed by atoms with Crippen molar-refractivity contribution >= 4 is 10.0 Å². The maximum Gasteiger partial charge on any atom is 0.241 e. The minimum atomic E-state index is -3.74. The molecule has 0 aliphatic heterocycles. The van der Waals surface area contributed by atoms with Gasteiger partial charge in [0.25, 0.3) is 0 Å². The lowest BCUT2D eigenvalue weighted by molar-refractivity contribution is 0.368. The smallest absolute Gasteiger partial charge is 0.241 e. The Morgan fingerprint density at radius 1 is 1.38 bits per heavy atom. The molecule has 21 heavy (non-hydrogen) atoms. The minimum Gasteiger partial charge on any atom is -0.326 e. The van der Waals surface area contributed by atoms with Crippen molar-refractivity contribution in [3.8, 4) is 0 Å². The molecule has 1 aliphatic rings. The molecule has 2 rings (SSSR count). The molecule has 1 saturated carbocycles. The van der Waals surface area contributed by atoms with Gasteiger partial charge in [-0.3, -0.25) is 0 Å². The monoisotopic (exact) mass is 314 g/mol. The van der Waals surface area contributed by atoms with E-state index in [1.54, 1.807) is 0 Å². The molecule has 0 heterocycles. The molecule has 118 valence electrons. The molecule has 0 aromatic heterocycles. The zero-order valence-corrected chi connectivity index (χ0v) is 13.3. The van der Waals surface area contributed by atoms with E-state index in [9.17, 15) is 12.8 Å². The van der Waals surface area contributed by atoms with Gasteiger partial charge in [0.05, 0.1) is 4.90 Å². The predicted octanol–water partition coefficient (Wildman–Crippen LogP) is 2.39. The van der Waals surface area contributed by atoms with Crippen LogP contribution in [0.3, 0.4) is 0 Å². The van der Waals surface area contributed by atoms with Crippen LogP contribution in [0.5, 0.6) is 0 Å². The number of sulfonamides is 1. The largest absolute Gasteiger partial charge is 0.326 e. The van der Waals surface area contributed by atoms with Crippen molar-refractivity contribution in [3.63, 3.8) is 0 Å². The number of rotatable bonds is 5. The lowest BCUT2D eigenvalue weighted by atomic mass is 9.94. The second kappa shape index (κ2) is 6.42. The van der Waals surface area contributed by atoms with Gasteiger partial charge in [0, 0.05) is 12.6 Å². The number of benzene rings is 1. The quantitative estimate of drug-likeness (QED) is 0.876. The van der Waals surface area contributed by atoms with Crippen LogP contribution in [0.4, 0.5) is 4.39 Å². The van der Waals surface area contributed by atoms with Crippen molar-refractivity contribution in [2.45, 2.75) is 50.6 Å². The lowest BCUT2D eigenvalue weighted by Gasteiger charge is -2.21. The maximum absolute atomic E-state index is 13.4. The third-order valence-corrected chi connectivity index (χ3v) is 6.17. The van der Waals surface area contributed by atoms with E-state index in [1.165, 1.54) is 12.1 Å². The van der Waals surface area contributed by atoms with Crippen LogP contribution in [0.25, 0.3) is 0 Å². The van der Waals surface area contributed by atoms with Crippen molar-refractivity contribution in [2.24, 2.45) is 17.6 Å². The summed E-state index contributed by atoms with van der Waals surface area (Å²) in [6, 6.07) is 3.61. The number of hydrogen-bond acceptors (Lipinski definition) is 3. The second-order valence-corrected chi connectivity index (χ2v) is 7.47. The standard InChI is InChI=1S/C15H23FN2O2S/c1-3-11-5-7-14(10(11)2)18-21(19,20)15-8-13(16)6-4-12(15)9-17/h4,6,8,10-11,14,18H,3,5,7,9,17H2,1-2H3. The zero-order valence-electron chi connectivity index (χ0n) is 12.5. The van der Waals surface area contributed by atoms with Crippen molar-refractivity contribution in [3.05, 3.63) is 29.6 Å². The van der Waals surface area contributed by atoms with Gasteiger partial charge in [-0.2, -0.15) is 0 Å². The third kappa shape index (κ3) is 3.44. The molecule has 6 heteroatoms. The topological polar surface area (TPSA) is 72.2 Å². The van der Waals surface area contributed by atoms with Gasteiger partial charge in [-0.1, -0.05) is 26.3 Å². The SMILES string of the molecule is CCC1CCC(NS(=O)(=O)c2cc(F)ccc2CN)C1C. The molecule has 0 radical (unpaired) electrons. The number of hydrogen-bond donors (Lipinski definition) is 2. The van der Waals surface area contributed by atoms with E-state index < -0.39 is 15.8 Å². The Bertz CT molecular complexity index is 604. The van der Waals surface area contributed by atoms with E-state index in [2.05, 4.69) is 18.6 Å². The van der Waals surface area contributed by atoms with Gasteiger partial charge in [-0.05, 0) is 42.4 Å². The fourth-order valence-electron chi connectivity index (χ4n) is 3.20. The zero-order chi connectivity index (χ0) is 15.6. The summed E-state index contributed by atoms with van der Waals surface area (Å²) in [5, 5.41) is 0. The molecule has 3 atom stereocenters. The molecule has 1 aromatic rings. The van der Waals surface area contributed by atoms with Gasteiger partial charge in [0.2, 0.25) is 10.0 Å². The summed E-state index contributed by atoms with van der Waals surface area (Å²) in [7, 11) is -3.74. The Labute approximate surface area is 126 Å². The van der Waals surface area contributed by atoms with Crippen LogP contribution >= 0.6 is 0 Å². The van der Waals surface area contributed by atoms with E-state index in [0.717, 1.165) is 25.3 Å². The average molecular weight is 314 g/mol. The van der Waals surface area contributed by atoms with Crippen LogP contribution in [-0.4, -0.2) is 14.5 Å². The van der Waals surface area contributed by atoms with E-state index in [0.29, 0.717) is 17.4 Å². The first-order valence-corrected chi connectivity index (χ1v) is 8.88. The summed E-state index contributed by atoms with van der Waals surface area (Å²) in [4.78, 5) is -0.0443. The molecule has 1 fully saturated rings. The molecule has 0 bridgehead atoms. The van der Waals surface area contributed by atoms with Crippen LogP contribution < -0.4 is 10.5 Å². The summed E-state index contributed by atoms with van der Waals surface area (Å²) in [6.45, 7) is 4.26. The van der Waals surface area contributed by atoms with E-state index in [4.69, 9.17) is 5.73 Å². The number of nitrogens with one attached hydrogen (secondary N) is 1. The van der Waals surface area contributed by atoms with Crippen LogP contribution in [0.15, 0.2) is 23.1 Å². The van der Waals surface area contributed by atoms with Gasteiger partial charge in [-0.15, -0.1) is 0 Å². The molecule has 1 aromatic carbocycles. The fraction of sp³-hybridized carbons (Fsp3) is 0.600. The highest BCUT2D eigenvalue weighted by atomic mass is 32.2. The second-order valence-electron chi connectivity index (χ2n) is 5.79. The Morgan fingerprint density at radius 3 is 2.67 bits per heavy atom. The van der Waals surface area contributed by atoms with Crippen molar-refractivity contribution in [2.75, 3.05) is 0 Å². The lowest BCUT2D eigenvalue weighted by Crippen LogP contribution is -2.38. The molecule has 1 aliphatic carbocycles. The van der Waals surface area contributed by atoms with Crippen molar-refractivity contribution in [1.82, 2.24) is 4.72 Å². The fourth-order valence-corrected chi connectivity index (χ4v) is 4.82. The number of halogens is 1. The normalized spacial score (nSPS) is 26.2. The highest BCUT2D eigenvalue weighted by Crippen LogP contribution is 2.34. The van der Waals surface area contributed by atoms with Gasteiger partial charge in [0.15, 0.2) is 0 Å². The van der Waals surface area contributed by atoms with E-state index >= 15 is 0 Å². The van der Waals surface area contributed by atoms with Crippen LogP contribution in [0.2, 0.25) is 0 Å². The first-order valence-electron chi connectivity index (χ1n) is 7.39. The minimum absolute atomic E-state index is 0.0443. The molecule has 3 unspecified atom stereocenters. The number of nitrogens with two attached hydrogens (primary N) is 1. The van der Waals surface area contributed by atoms with E-state index in [1.807, 2.05) is 0 Å². The summed E-state index contributed by atoms with van der Waals surface area (Å²) in [5.74, 6) is 0.261. The summed E-state index contributed by atoms with van der Waals surface area (Å²) >= 11 is 0. The molecule has 0 spiro atoms. The highest BCUT2D eigenvalue weighted by Gasteiger charge is 2.34. The Balaban J connectivity index is 2.25. The van der Waals surface area contributed by atoms with Gasteiger partial charge in [-0.25, -0.2) is 17.5 Å². The van der Waals surface area contributed by atoms with Crippen molar-refractivity contribution < 1.29 is 12.8 Å². The van der Waals surface area contributed by atoms with Crippen molar-refractivity contribution in [1.29, 1.82) is 0 Å². The van der Waals surface area contributed by atoms with E-state index in [-0.39, 0.29) is 17.5 Å². The van der Waals surface area contributed by atoms with Crippen LogP contribution in [0, 0.1) is 17.7 Å². The Hall–Kier alpha value is -0.980. The average Bonchev–Trinajstić information content (AvgIpc) is 2.79. The first kappa shape index (κ1) is 16.4. The Kier molecular flexibility index (Phi) is 5.01. The molecule has 0 saturated heterocycles. The molecule has 0 amide bonds.